The van der Waals surface area contributed by atoms with E-state index >= 15 is 0 Å². The highest BCUT2D eigenvalue weighted by atomic mass is 16.6. The number of nitrogens with zero attached hydrogens (tertiary/aromatic N) is 1. The molecule has 0 spiro atoms. The number of carbonyl (C=O) groups is 2. The minimum absolute atomic E-state index is 0.0627. The van der Waals surface area contributed by atoms with Crippen LogP contribution in [0.4, 0.5) is 5.69 Å². The van der Waals surface area contributed by atoms with E-state index in [4.69, 9.17) is 9.47 Å². The molecule has 7 heteroatoms. The molecule has 138 valence electrons. The van der Waals surface area contributed by atoms with Crippen LogP contribution in [0, 0.1) is 10.1 Å². The zero-order chi connectivity index (χ0) is 19.0. The summed E-state index contributed by atoms with van der Waals surface area (Å²) in [4.78, 5) is 32.8. The summed E-state index contributed by atoms with van der Waals surface area (Å²) in [5, 5.41) is 11.3. The molecule has 1 aromatic rings. The minimum Gasteiger partial charge on any atom is -0.463 e. The van der Waals surface area contributed by atoms with Gasteiger partial charge in [0, 0.05) is 25.5 Å². The number of rotatable bonds is 9. The molecule has 2 unspecified atom stereocenters. The molecule has 0 aromatic heterocycles. The normalized spacial score (nSPS) is 13.0. The highest BCUT2D eigenvalue weighted by Crippen LogP contribution is 2.24. The Hall–Kier alpha value is -2.44. The second-order valence-corrected chi connectivity index (χ2v) is 6.14. The summed E-state index contributed by atoms with van der Waals surface area (Å²) in [6, 6.07) is 5.15. The number of hydrogen-bond acceptors (Lipinski definition) is 6. The number of hydrogen-bond donors (Lipinski definition) is 0. The zero-order valence-electron chi connectivity index (χ0n) is 15.1. The first-order chi connectivity index (χ1) is 11.7. The van der Waals surface area contributed by atoms with E-state index in [1.54, 1.807) is 26.0 Å². The van der Waals surface area contributed by atoms with E-state index in [0.29, 0.717) is 31.2 Å². The lowest BCUT2D eigenvalue weighted by Crippen LogP contribution is -2.14. The minimum atomic E-state index is -0.398. The van der Waals surface area contributed by atoms with E-state index in [2.05, 4.69) is 0 Å². The number of carbonyl (C=O) groups excluding carboxylic acids is 2. The Labute approximate surface area is 147 Å². The molecular weight excluding hydrogens is 326 g/mol. The second kappa shape index (κ2) is 9.76. The third-order valence-corrected chi connectivity index (χ3v) is 3.74. The third-order valence-electron chi connectivity index (χ3n) is 3.74. The Bertz CT molecular complexity index is 628. The molecule has 7 nitrogen and oxygen atoms in total. The van der Waals surface area contributed by atoms with Crippen LogP contribution in [0.3, 0.4) is 0 Å². The molecule has 0 heterocycles. The van der Waals surface area contributed by atoms with Crippen LogP contribution in [0.2, 0.25) is 0 Å². The molecule has 1 rings (SSSR count). The fourth-order valence-corrected chi connectivity index (χ4v) is 2.56. The Morgan fingerprint density at radius 1 is 1.04 bits per heavy atom. The average molecular weight is 351 g/mol. The van der Waals surface area contributed by atoms with Gasteiger partial charge in [-0.3, -0.25) is 19.7 Å². The van der Waals surface area contributed by atoms with E-state index in [1.165, 1.54) is 13.8 Å². The number of nitro benzene ring substituents is 1. The van der Waals surface area contributed by atoms with Gasteiger partial charge in [-0.15, -0.1) is 0 Å². The van der Waals surface area contributed by atoms with Crippen LogP contribution in [-0.2, 0) is 31.9 Å². The maximum Gasteiger partial charge on any atom is 0.302 e. The zero-order valence-corrected chi connectivity index (χ0v) is 15.1. The summed E-state index contributed by atoms with van der Waals surface area (Å²) in [5.41, 5.74) is 1.50. The van der Waals surface area contributed by atoms with Crippen molar-refractivity contribution in [3.63, 3.8) is 0 Å². The molecule has 0 saturated carbocycles. The van der Waals surface area contributed by atoms with Crippen molar-refractivity contribution in [3.8, 4) is 0 Å². The van der Waals surface area contributed by atoms with Crippen LogP contribution >= 0.6 is 0 Å². The van der Waals surface area contributed by atoms with Crippen LogP contribution in [0.5, 0.6) is 0 Å². The van der Waals surface area contributed by atoms with Gasteiger partial charge < -0.3 is 9.47 Å². The second-order valence-electron chi connectivity index (χ2n) is 6.14. The Kier molecular flexibility index (Phi) is 8.04. The van der Waals surface area contributed by atoms with Gasteiger partial charge in [-0.1, -0.05) is 12.1 Å². The Morgan fingerprint density at radius 3 is 2.04 bits per heavy atom. The van der Waals surface area contributed by atoms with Crippen molar-refractivity contribution in [1.29, 1.82) is 0 Å². The topological polar surface area (TPSA) is 95.7 Å². The van der Waals surface area contributed by atoms with Crippen molar-refractivity contribution in [2.45, 2.75) is 65.6 Å². The van der Waals surface area contributed by atoms with E-state index < -0.39 is 4.92 Å². The molecule has 25 heavy (non-hydrogen) atoms. The molecule has 0 radical (unpaired) electrons. The number of aryl methyl sites for hydroxylation is 2. The molecule has 0 fully saturated rings. The maximum absolute atomic E-state index is 11.3. The lowest BCUT2D eigenvalue weighted by molar-refractivity contribution is -0.385. The molecule has 0 aliphatic carbocycles. The molecule has 0 bridgehead atoms. The third kappa shape index (κ3) is 7.78. The van der Waals surface area contributed by atoms with Gasteiger partial charge in [-0.2, -0.15) is 0 Å². The van der Waals surface area contributed by atoms with Crippen LogP contribution in [0.25, 0.3) is 0 Å². The fraction of sp³-hybridized carbons (Fsp3) is 0.556. The lowest BCUT2D eigenvalue weighted by atomic mass is 10.0. The van der Waals surface area contributed by atoms with Crippen LogP contribution in [0.15, 0.2) is 18.2 Å². The van der Waals surface area contributed by atoms with Gasteiger partial charge in [0.05, 0.1) is 17.1 Å². The molecule has 0 amide bonds. The molecular formula is C18H25NO6. The standard InChI is InChI=1S/C18H25NO6/c1-12(24-14(3)20)5-7-16-8-10-17(18(11-16)19(22)23)9-6-13(2)25-15(4)21/h8,10-13H,5-7,9H2,1-4H3. The lowest BCUT2D eigenvalue weighted by Gasteiger charge is -2.13. The molecule has 0 N–H and O–H groups in total. The van der Waals surface area contributed by atoms with Gasteiger partial charge >= 0.3 is 11.9 Å². The monoisotopic (exact) mass is 351 g/mol. The van der Waals surface area contributed by atoms with Gasteiger partial charge in [0.15, 0.2) is 0 Å². The molecule has 0 aliphatic heterocycles. The highest BCUT2D eigenvalue weighted by molar-refractivity contribution is 5.66. The number of nitro groups is 1. The Balaban J connectivity index is 2.73. The first-order valence-corrected chi connectivity index (χ1v) is 8.29. The van der Waals surface area contributed by atoms with Crippen LogP contribution in [0.1, 0.15) is 51.7 Å². The molecule has 0 saturated heterocycles. The van der Waals surface area contributed by atoms with E-state index in [0.717, 1.165) is 5.56 Å². The van der Waals surface area contributed by atoms with Gasteiger partial charge in [0.2, 0.25) is 0 Å². The van der Waals surface area contributed by atoms with Crippen LogP contribution < -0.4 is 0 Å². The van der Waals surface area contributed by atoms with Gasteiger partial charge in [0.25, 0.3) is 5.69 Å². The predicted octanol–water partition coefficient (Wildman–Crippen LogP) is 3.36. The van der Waals surface area contributed by atoms with E-state index in [1.807, 2.05) is 6.07 Å². The molecule has 1 aromatic carbocycles. The first kappa shape index (κ1) is 20.6. The summed E-state index contributed by atoms with van der Waals surface area (Å²) >= 11 is 0. The number of benzene rings is 1. The SMILES string of the molecule is CC(=O)OC(C)CCc1ccc(CCC(C)OC(C)=O)c([N+](=O)[O-])c1. The quantitative estimate of drug-likeness (QED) is 0.384. The summed E-state index contributed by atoms with van der Waals surface area (Å²) in [7, 11) is 0. The van der Waals surface area contributed by atoms with Crippen molar-refractivity contribution in [3.05, 3.63) is 39.4 Å². The number of ether oxygens (including phenoxy) is 2. The van der Waals surface area contributed by atoms with Crippen molar-refractivity contribution in [2.75, 3.05) is 0 Å². The summed E-state index contributed by atoms with van der Waals surface area (Å²) in [6.45, 7) is 6.25. The summed E-state index contributed by atoms with van der Waals surface area (Å²) in [5.74, 6) is -0.699. The van der Waals surface area contributed by atoms with Crippen LogP contribution in [-0.4, -0.2) is 29.1 Å². The van der Waals surface area contributed by atoms with E-state index in [-0.39, 0.29) is 29.8 Å². The van der Waals surface area contributed by atoms with Gasteiger partial charge in [-0.05, 0) is 45.1 Å². The van der Waals surface area contributed by atoms with Crippen molar-refractivity contribution >= 4 is 17.6 Å². The van der Waals surface area contributed by atoms with Gasteiger partial charge in [-0.25, -0.2) is 0 Å². The fourth-order valence-electron chi connectivity index (χ4n) is 2.56. The summed E-state index contributed by atoms with van der Waals surface area (Å²) in [6.07, 6.45) is 1.62. The van der Waals surface area contributed by atoms with Crippen molar-refractivity contribution < 1.29 is 24.0 Å². The maximum atomic E-state index is 11.3. The largest absolute Gasteiger partial charge is 0.463 e. The summed E-state index contributed by atoms with van der Waals surface area (Å²) < 4.78 is 10.1. The smallest absolute Gasteiger partial charge is 0.302 e. The van der Waals surface area contributed by atoms with Crippen molar-refractivity contribution in [2.24, 2.45) is 0 Å². The number of esters is 2. The Morgan fingerprint density at radius 2 is 1.56 bits per heavy atom. The highest BCUT2D eigenvalue weighted by Gasteiger charge is 2.17. The van der Waals surface area contributed by atoms with Crippen molar-refractivity contribution in [1.82, 2.24) is 0 Å². The van der Waals surface area contributed by atoms with E-state index in [9.17, 15) is 19.7 Å². The van der Waals surface area contributed by atoms with Gasteiger partial charge in [0.1, 0.15) is 0 Å². The average Bonchev–Trinajstić information content (AvgIpc) is 2.49. The predicted molar refractivity (Wildman–Crippen MR) is 92.2 cm³/mol. The molecule has 2 atom stereocenters. The first-order valence-electron chi connectivity index (χ1n) is 8.29. The molecule has 0 aliphatic rings.